The van der Waals surface area contributed by atoms with Gasteiger partial charge in [-0.25, -0.2) is 0 Å². The first-order chi connectivity index (χ1) is 9.44. The number of phenols is 1. The van der Waals surface area contributed by atoms with Crippen LogP contribution in [0.4, 0.5) is 18.9 Å². The molecule has 0 saturated heterocycles. The van der Waals surface area contributed by atoms with Gasteiger partial charge in [0.15, 0.2) is 0 Å². The number of benzene rings is 2. The van der Waals surface area contributed by atoms with Gasteiger partial charge in [0.2, 0.25) is 0 Å². The van der Waals surface area contributed by atoms with Gasteiger partial charge >= 0.3 is 6.18 Å². The predicted molar refractivity (Wildman–Crippen MR) is 71.6 cm³/mol. The quantitative estimate of drug-likeness (QED) is 0.809. The number of anilines is 1. The van der Waals surface area contributed by atoms with Crippen LogP contribution >= 0.6 is 0 Å². The molecular weight excluding hydrogens is 267 g/mol. The number of nitrogens with one attached hydrogen (secondary N) is 1. The van der Waals surface area contributed by atoms with E-state index in [1.807, 2.05) is 0 Å². The minimum Gasteiger partial charge on any atom is -0.508 e. The monoisotopic (exact) mass is 281 g/mol. The summed E-state index contributed by atoms with van der Waals surface area (Å²) in [5.74, 6) is 0.0719. The summed E-state index contributed by atoms with van der Waals surface area (Å²) in [5.41, 5.74) is 1.10. The number of hydrogen-bond acceptors (Lipinski definition) is 2. The molecule has 2 aromatic rings. The van der Waals surface area contributed by atoms with Crippen molar-refractivity contribution in [1.29, 1.82) is 0 Å². The standard InChI is InChI=1S/C15H14F3NO/c16-15(17,18)10-14(11-4-2-1-3-5-11)19-12-6-8-13(20)9-7-12/h1-9,14,19-20H,10H2. The maximum absolute atomic E-state index is 12.7. The van der Waals surface area contributed by atoms with Crippen LogP contribution in [-0.4, -0.2) is 11.3 Å². The minimum absolute atomic E-state index is 0.0719. The Hall–Kier alpha value is -2.17. The van der Waals surface area contributed by atoms with E-state index in [1.165, 1.54) is 12.1 Å². The molecule has 0 aliphatic carbocycles. The van der Waals surface area contributed by atoms with Crippen LogP contribution in [0, 0.1) is 0 Å². The molecule has 2 N–H and O–H groups in total. The van der Waals surface area contributed by atoms with Crippen molar-refractivity contribution in [2.45, 2.75) is 18.6 Å². The third-order valence-corrected chi connectivity index (χ3v) is 2.85. The Labute approximate surface area is 114 Å². The highest BCUT2D eigenvalue weighted by Gasteiger charge is 2.32. The lowest BCUT2D eigenvalue weighted by molar-refractivity contribution is -0.137. The Morgan fingerprint density at radius 2 is 1.55 bits per heavy atom. The molecule has 0 spiro atoms. The van der Waals surface area contributed by atoms with E-state index in [2.05, 4.69) is 5.32 Å². The van der Waals surface area contributed by atoms with Crippen LogP contribution in [0.5, 0.6) is 5.75 Å². The first kappa shape index (κ1) is 14.2. The molecule has 0 aliphatic heterocycles. The molecule has 20 heavy (non-hydrogen) atoms. The molecule has 1 unspecified atom stereocenters. The Bertz CT molecular complexity index is 537. The van der Waals surface area contributed by atoms with Crippen LogP contribution in [0.3, 0.4) is 0 Å². The smallest absolute Gasteiger partial charge is 0.391 e. The Morgan fingerprint density at radius 1 is 0.950 bits per heavy atom. The van der Waals surface area contributed by atoms with E-state index in [9.17, 15) is 18.3 Å². The SMILES string of the molecule is Oc1ccc(NC(CC(F)(F)F)c2ccccc2)cc1. The summed E-state index contributed by atoms with van der Waals surface area (Å²) >= 11 is 0. The van der Waals surface area contributed by atoms with Gasteiger partial charge in [0.25, 0.3) is 0 Å². The van der Waals surface area contributed by atoms with Crippen molar-refractivity contribution in [1.82, 2.24) is 0 Å². The molecule has 0 aliphatic rings. The number of hydrogen-bond donors (Lipinski definition) is 2. The van der Waals surface area contributed by atoms with Crippen LogP contribution < -0.4 is 5.32 Å². The first-order valence-corrected chi connectivity index (χ1v) is 6.11. The van der Waals surface area contributed by atoms with Crippen molar-refractivity contribution in [2.24, 2.45) is 0 Å². The predicted octanol–water partition coefficient (Wildman–Crippen LogP) is 4.50. The van der Waals surface area contributed by atoms with Gasteiger partial charge in [-0.3, -0.25) is 0 Å². The normalized spacial score (nSPS) is 12.9. The van der Waals surface area contributed by atoms with Gasteiger partial charge in [-0.05, 0) is 29.8 Å². The largest absolute Gasteiger partial charge is 0.508 e. The Kier molecular flexibility index (Phi) is 4.17. The third-order valence-electron chi connectivity index (χ3n) is 2.85. The van der Waals surface area contributed by atoms with Gasteiger partial charge in [-0.1, -0.05) is 30.3 Å². The molecule has 0 radical (unpaired) electrons. The molecule has 2 nitrogen and oxygen atoms in total. The van der Waals surface area contributed by atoms with Crippen LogP contribution in [0.25, 0.3) is 0 Å². The van der Waals surface area contributed by atoms with Crippen LogP contribution in [0.15, 0.2) is 54.6 Å². The van der Waals surface area contributed by atoms with Crippen molar-refractivity contribution >= 4 is 5.69 Å². The highest BCUT2D eigenvalue weighted by atomic mass is 19.4. The zero-order chi connectivity index (χ0) is 14.6. The van der Waals surface area contributed by atoms with Gasteiger partial charge in [0, 0.05) is 5.69 Å². The lowest BCUT2D eigenvalue weighted by Gasteiger charge is -2.22. The molecule has 2 rings (SSSR count). The van der Waals surface area contributed by atoms with Gasteiger partial charge in [-0.2, -0.15) is 13.2 Å². The van der Waals surface area contributed by atoms with Crippen LogP contribution in [0.1, 0.15) is 18.0 Å². The molecular formula is C15H14F3NO. The summed E-state index contributed by atoms with van der Waals surface area (Å²) in [5, 5.41) is 12.0. The van der Waals surface area contributed by atoms with Gasteiger partial charge in [0.1, 0.15) is 5.75 Å². The van der Waals surface area contributed by atoms with E-state index in [0.29, 0.717) is 11.3 Å². The highest BCUT2D eigenvalue weighted by Crippen LogP contribution is 2.32. The maximum Gasteiger partial charge on any atom is 0.391 e. The Balaban J connectivity index is 2.20. The van der Waals surface area contributed by atoms with Crippen LogP contribution in [-0.2, 0) is 0 Å². The third kappa shape index (κ3) is 4.19. The van der Waals surface area contributed by atoms with E-state index in [1.54, 1.807) is 42.5 Å². The van der Waals surface area contributed by atoms with Crippen molar-refractivity contribution in [3.8, 4) is 5.75 Å². The highest BCUT2D eigenvalue weighted by molar-refractivity contribution is 5.48. The van der Waals surface area contributed by atoms with Crippen molar-refractivity contribution in [2.75, 3.05) is 5.32 Å². The number of rotatable bonds is 4. The molecule has 0 fully saturated rings. The van der Waals surface area contributed by atoms with Crippen molar-refractivity contribution in [3.63, 3.8) is 0 Å². The second-order valence-corrected chi connectivity index (χ2v) is 4.47. The van der Waals surface area contributed by atoms with Gasteiger partial charge in [-0.15, -0.1) is 0 Å². The molecule has 1 atom stereocenters. The fourth-order valence-corrected chi connectivity index (χ4v) is 1.93. The first-order valence-electron chi connectivity index (χ1n) is 6.11. The summed E-state index contributed by atoms with van der Waals surface area (Å²) in [7, 11) is 0. The lowest BCUT2D eigenvalue weighted by Crippen LogP contribution is -2.20. The van der Waals surface area contributed by atoms with E-state index in [4.69, 9.17) is 0 Å². The molecule has 0 aromatic heterocycles. The summed E-state index contributed by atoms with van der Waals surface area (Å²) in [6.45, 7) is 0. The minimum atomic E-state index is -4.26. The molecule has 0 bridgehead atoms. The molecule has 106 valence electrons. The fourth-order valence-electron chi connectivity index (χ4n) is 1.93. The topological polar surface area (TPSA) is 32.3 Å². The number of alkyl halides is 3. The average molecular weight is 281 g/mol. The van der Waals surface area contributed by atoms with Crippen LogP contribution in [0.2, 0.25) is 0 Å². The zero-order valence-electron chi connectivity index (χ0n) is 10.6. The maximum atomic E-state index is 12.7. The molecule has 0 heterocycles. The molecule has 5 heteroatoms. The summed E-state index contributed by atoms with van der Waals surface area (Å²) in [4.78, 5) is 0. The van der Waals surface area contributed by atoms with Crippen molar-refractivity contribution in [3.05, 3.63) is 60.2 Å². The molecule has 2 aromatic carbocycles. The van der Waals surface area contributed by atoms with E-state index < -0.39 is 18.6 Å². The van der Waals surface area contributed by atoms with Crippen molar-refractivity contribution < 1.29 is 18.3 Å². The number of halogens is 3. The second-order valence-electron chi connectivity index (χ2n) is 4.47. The van der Waals surface area contributed by atoms with E-state index >= 15 is 0 Å². The fraction of sp³-hybridized carbons (Fsp3) is 0.200. The molecule has 0 saturated carbocycles. The van der Waals surface area contributed by atoms with Gasteiger partial charge < -0.3 is 10.4 Å². The summed E-state index contributed by atoms with van der Waals surface area (Å²) < 4.78 is 38.0. The van der Waals surface area contributed by atoms with Gasteiger partial charge in [0.05, 0.1) is 12.5 Å². The van der Waals surface area contributed by atoms with E-state index in [0.717, 1.165) is 0 Å². The zero-order valence-corrected chi connectivity index (χ0v) is 10.6. The molecule has 0 amide bonds. The average Bonchev–Trinajstić information content (AvgIpc) is 2.40. The Morgan fingerprint density at radius 3 is 2.10 bits per heavy atom. The van der Waals surface area contributed by atoms with E-state index in [-0.39, 0.29) is 5.75 Å². The number of aromatic hydroxyl groups is 1. The summed E-state index contributed by atoms with van der Waals surface area (Å²) in [6.07, 6.45) is -5.22. The second kappa shape index (κ2) is 5.86. The number of phenolic OH excluding ortho intramolecular Hbond substituents is 1. The lowest BCUT2D eigenvalue weighted by atomic mass is 10.0. The summed E-state index contributed by atoms with van der Waals surface area (Å²) in [6, 6.07) is 13.6.